The number of amides is 5. The van der Waals surface area contributed by atoms with Crippen molar-refractivity contribution in [3.63, 3.8) is 0 Å². The molecule has 1 aliphatic rings. The molecule has 4 atom stereocenters. The first-order chi connectivity index (χ1) is 30.3. The summed E-state index contributed by atoms with van der Waals surface area (Å²) in [5.74, 6) is -4.16. The van der Waals surface area contributed by atoms with Gasteiger partial charge in [0.05, 0.1) is 6.54 Å². The third-order valence-corrected chi connectivity index (χ3v) is 11.0. The molecule has 0 spiro atoms. The number of likely N-dealkylation sites (N-methyl/N-ethyl adjacent to an activating group) is 1. The quantitative estimate of drug-likeness (QED) is 0.0482. The molecule has 0 saturated heterocycles. The fourth-order valence-corrected chi connectivity index (χ4v) is 7.40. The molecule has 0 radical (unpaired) electrons. The zero-order chi connectivity index (χ0) is 45.2. The number of rotatable bonds is 14. The molecule has 0 aliphatic carbocycles. The number of nitrogens with one attached hydrogen (secondary N) is 5. The Morgan fingerprint density at radius 2 is 1.65 bits per heavy atom. The lowest BCUT2D eigenvalue weighted by molar-refractivity contribution is -0.141. The Morgan fingerprint density at radius 3 is 2.32 bits per heavy atom. The number of Topliss-reactive ketones (excluding diaryl/α,β-unsaturated/α-hetero) is 1. The first-order valence-electron chi connectivity index (χ1n) is 20.2. The molecule has 63 heavy (non-hydrogen) atoms. The number of aromatic amines is 1. The van der Waals surface area contributed by atoms with Crippen LogP contribution in [0.1, 0.15) is 74.7 Å². The fourth-order valence-electron chi connectivity index (χ4n) is 7.27. The van der Waals surface area contributed by atoms with Crippen molar-refractivity contribution in [2.45, 2.75) is 56.8 Å². The van der Waals surface area contributed by atoms with Crippen molar-refractivity contribution in [3.8, 4) is 28.0 Å². The first kappa shape index (κ1) is 45.4. The highest BCUT2D eigenvalue weighted by Gasteiger charge is 2.36. The Morgan fingerprint density at radius 1 is 0.937 bits per heavy atom. The predicted molar refractivity (Wildman–Crippen MR) is 235 cm³/mol. The number of carbonyl (C=O) groups excluding carboxylic acids is 7. The van der Waals surface area contributed by atoms with Crippen LogP contribution in [-0.2, 0) is 25.6 Å². The maximum Gasteiger partial charge on any atom is 0.251 e. The molecule has 1 aromatic heterocycles. The topological polar surface area (TPSA) is 246 Å². The van der Waals surface area contributed by atoms with Crippen LogP contribution in [-0.4, -0.2) is 99.8 Å². The van der Waals surface area contributed by atoms with E-state index in [2.05, 4.69) is 31.2 Å². The van der Waals surface area contributed by atoms with Crippen LogP contribution in [0.4, 0.5) is 0 Å². The number of aromatic nitrogens is 2. The van der Waals surface area contributed by atoms with E-state index < -0.39 is 66.0 Å². The molecule has 0 fully saturated rings. The van der Waals surface area contributed by atoms with Gasteiger partial charge in [-0.1, -0.05) is 54.1 Å². The largest absolute Gasteiger partial charge is 0.507 e. The number of aldehydes is 1. The molecule has 17 heteroatoms. The second kappa shape index (κ2) is 20.6. The van der Waals surface area contributed by atoms with Gasteiger partial charge < -0.3 is 42.0 Å². The Balaban J connectivity index is 1.32. The molecule has 16 nitrogen and oxygen atoms in total. The Labute approximate surface area is 368 Å². The van der Waals surface area contributed by atoms with Crippen LogP contribution in [0.5, 0.6) is 5.75 Å². The number of fused-ring (bicyclic) bond motifs is 5. The van der Waals surface area contributed by atoms with Gasteiger partial charge in [0.2, 0.25) is 29.4 Å². The number of nitrogens with zero attached hydrogens (tertiary/aromatic N) is 2. The number of carbonyl (C=O) groups is 7. The Hall–Kier alpha value is -7.17. The van der Waals surface area contributed by atoms with Crippen LogP contribution in [0.3, 0.4) is 0 Å². The van der Waals surface area contributed by atoms with E-state index in [1.54, 1.807) is 48.5 Å². The molecule has 4 aromatic carbocycles. The maximum absolute atomic E-state index is 14.6. The molecule has 1 aliphatic heterocycles. The van der Waals surface area contributed by atoms with Crippen LogP contribution in [0.25, 0.3) is 22.3 Å². The predicted octanol–water partition coefficient (Wildman–Crippen LogP) is 3.89. The summed E-state index contributed by atoms with van der Waals surface area (Å²) in [4.78, 5) is 103. The van der Waals surface area contributed by atoms with E-state index in [9.17, 15) is 38.7 Å². The van der Waals surface area contributed by atoms with Crippen LogP contribution in [0, 0.1) is 0 Å². The number of benzene rings is 4. The molecule has 5 aromatic rings. The molecule has 326 valence electrons. The zero-order valence-electron chi connectivity index (χ0n) is 34.5. The number of phenols is 1. The third kappa shape index (κ3) is 11.0. The van der Waals surface area contributed by atoms with Gasteiger partial charge in [0.1, 0.15) is 29.9 Å². The van der Waals surface area contributed by atoms with E-state index in [4.69, 9.17) is 17.3 Å². The van der Waals surface area contributed by atoms with E-state index in [-0.39, 0.29) is 52.2 Å². The molecular weight excluding hydrogens is 828 g/mol. The molecule has 2 heterocycles. The average Bonchev–Trinajstić information content (AvgIpc) is 3.83. The number of hydrogen-bond donors (Lipinski definition) is 7. The standard InChI is InChI=1S/C46H47ClN8O8/c1-26-42(59)54-37(44(61)51-24-39(58)41-49-19-20-50-41)22-27-6-17-38(57)35(21-27)34-23-31(11-12-32(34)25-56)40(45(62)52-26)55(2)46(63)36(5-3-4-18-48)53-43(60)30-9-7-28(8-10-30)29-13-15-33(47)16-14-29/h6-17,19-21,23,25-26,36-37,40,57H,3-5,18,22,24,48H2,1-2H3,(H,49,50)(H,51,61)(H,52,62)(H,53,60)(H,54,59)/t26-,36-,37-,40-/m0/s1. The summed E-state index contributed by atoms with van der Waals surface area (Å²) in [5, 5.41) is 22.4. The van der Waals surface area contributed by atoms with E-state index >= 15 is 0 Å². The lowest BCUT2D eigenvalue weighted by Gasteiger charge is -2.32. The van der Waals surface area contributed by atoms with E-state index in [0.717, 1.165) is 16.0 Å². The number of unbranched alkanes of at least 4 members (excludes halogenated alkanes) is 1. The third-order valence-electron chi connectivity index (χ3n) is 10.7. The van der Waals surface area contributed by atoms with Crippen molar-refractivity contribution in [2.75, 3.05) is 20.1 Å². The molecular formula is C46H47ClN8O8. The Bertz CT molecular complexity index is 2490. The van der Waals surface area contributed by atoms with Gasteiger partial charge in [0, 0.05) is 47.6 Å². The Kier molecular flexibility index (Phi) is 14.8. The van der Waals surface area contributed by atoms with Crippen molar-refractivity contribution in [1.82, 2.24) is 36.1 Å². The van der Waals surface area contributed by atoms with E-state index in [1.807, 2.05) is 12.1 Å². The second-order valence-corrected chi connectivity index (χ2v) is 15.6. The minimum atomic E-state index is -1.44. The highest BCUT2D eigenvalue weighted by molar-refractivity contribution is 6.30. The number of ketones is 1. The summed E-state index contributed by atoms with van der Waals surface area (Å²) < 4.78 is 0. The summed E-state index contributed by atoms with van der Waals surface area (Å²) in [6.45, 7) is 1.31. The van der Waals surface area contributed by atoms with Gasteiger partial charge in [-0.05, 0) is 103 Å². The summed E-state index contributed by atoms with van der Waals surface area (Å²) in [5.41, 5.74) is 9.03. The zero-order valence-corrected chi connectivity index (χ0v) is 35.3. The number of halogens is 1. The summed E-state index contributed by atoms with van der Waals surface area (Å²) in [7, 11) is 1.39. The molecule has 6 rings (SSSR count). The van der Waals surface area contributed by atoms with Crippen LogP contribution >= 0.6 is 11.6 Å². The van der Waals surface area contributed by atoms with Crippen molar-refractivity contribution in [1.29, 1.82) is 0 Å². The van der Waals surface area contributed by atoms with E-state index in [0.29, 0.717) is 36.3 Å². The van der Waals surface area contributed by atoms with Gasteiger partial charge in [0.15, 0.2) is 12.1 Å². The van der Waals surface area contributed by atoms with Gasteiger partial charge in [-0.2, -0.15) is 0 Å². The number of aromatic hydroxyl groups is 1. The van der Waals surface area contributed by atoms with Gasteiger partial charge in [-0.15, -0.1) is 0 Å². The van der Waals surface area contributed by atoms with Crippen molar-refractivity contribution in [3.05, 3.63) is 130 Å². The summed E-state index contributed by atoms with van der Waals surface area (Å²) in [6, 6.07) is 17.9. The fraction of sp³-hybridized carbons (Fsp3) is 0.261. The highest BCUT2D eigenvalue weighted by atomic mass is 35.5. The summed E-state index contributed by atoms with van der Waals surface area (Å²) in [6.07, 6.45) is 4.50. The van der Waals surface area contributed by atoms with Gasteiger partial charge in [-0.3, -0.25) is 33.6 Å². The van der Waals surface area contributed by atoms with Crippen LogP contribution < -0.4 is 27.0 Å². The maximum atomic E-state index is 14.6. The normalized spacial score (nSPS) is 16.7. The second-order valence-electron chi connectivity index (χ2n) is 15.1. The average molecular weight is 875 g/mol. The number of imidazole rings is 1. The highest BCUT2D eigenvalue weighted by Crippen LogP contribution is 2.36. The van der Waals surface area contributed by atoms with Gasteiger partial charge in [0.25, 0.3) is 5.91 Å². The number of nitrogens with two attached hydrogens (primary N) is 1. The van der Waals surface area contributed by atoms with Gasteiger partial charge >= 0.3 is 0 Å². The molecule has 0 unspecified atom stereocenters. The monoisotopic (exact) mass is 874 g/mol. The number of phenolic OH excluding ortho intramolecular Hbond substituents is 1. The minimum absolute atomic E-state index is 0.0285. The minimum Gasteiger partial charge on any atom is -0.507 e. The van der Waals surface area contributed by atoms with Crippen molar-refractivity contribution >= 4 is 53.2 Å². The number of hydrogen-bond acceptors (Lipinski definition) is 10. The van der Waals surface area contributed by atoms with Crippen molar-refractivity contribution < 1.29 is 38.7 Å². The lowest BCUT2D eigenvalue weighted by Crippen LogP contribution is -2.56. The van der Waals surface area contributed by atoms with Gasteiger partial charge in [-0.25, -0.2) is 4.98 Å². The molecule has 4 bridgehead atoms. The first-order valence-corrected chi connectivity index (χ1v) is 20.6. The smallest absolute Gasteiger partial charge is 0.251 e. The SMILES string of the molecule is C[C@@H]1NC(=O)[C@@H](N(C)C(=O)[C@H](CCCCN)NC(=O)c2ccc(-c3ccc(Cl)cc3)cc2)c2ccc(C=O)c(c2)-c2cc(ccc2O)C[C@@H](C(=O)NCC(=O)c2ncc[nH]2)NC1=O. The van der Waals surface area contributed by atoms with E-state index in [1.165, 1.54) is 50.6 Å². The summed E-state index contributed by atoms with van der Waals surface area (Å²) >= 11 is 6.05. The lowest BCUT2D eigenvalue weighted by atomic mass is 9.91. The molecule has 5 amide bonds. The van der Waals surface area contributed by atoms with Crippen molar-refractivity contribution in [2.24, 2.45) is 5.73 Å². The number of H-pyrrole nitrogens is 1. The molecule has 8 N–H and O–H groups in total. The van der Waals surface area contributed by atoms with Crippen LogP contribution in [0.15, 0.2) is 97.3 Å². The van der Waals surface area contributed by atoms with Crippen LogP contribution in [0.2, 0.25) is 5.02 Å². The molecule has 0 saturated carbocycles.